The largest absolute Gasteiger partial charge is 0.467 e. The molecule has 0 atom stereocenters. The summed E-state index contributed by atoms with van der Waals surface area (Å²) in [6, 6.07) is 15.3. The Morgan fingerprint density at radius 1 is 1.12 bits per heavy atom. The van der Waals surface area contributed by atoms with Crippen molar-refractivity contribution in [2.45, 2.75) is 20.0 Å². The number of hydrogen-bond donors (Lipinski definition) is 0. The third-order valence-corrected chi connectivity index (χ3v) is 4.24. The highest BCUT2D eigenvalue weighted by Crippen LogP contribution is 2.23. The lowest BCUT2D eigenvalue weighted by Crippen LogP contribution is -2.30. The van der Waals surface area contributed by atoms with Crippen LogP contribution in [0.1, 0.15) is 27.2 Å². The van der Waals surface area contributed by atoms with Crippen molar-refractivity contribution in [3.63, 3.8) is 0 Å². The van der Waals surface area contributed by atoms with Crippen molar-refractivity contribution in [2.75, 3.05) is 0 Å². The van der Waals surface area contributed by atoms with E-state index in [1.165, 1.54) is 11.0 Å². The average molecular weight is 358 g/mol. The van der Waals surface area contributed by atoms with E-state index in [1.54, 1.807) is 42.7 Å². The van der Waals surface area contributed by atoms with Crippen LogP contribution in [0.3, 0.4) is 0 Å². The van der Waals surface area contributed by atoms with Gasteiger partial charge in [-0.2, -0.15) is 0 Å². The fourth-order valence-electron chi connectivity index (χ4n) is 2.63. The van der Waals surface area contributed by atoms with Crippen molar-refractivity contribution in [1.82, 2.24) is 4.90 Å². The standard InChI is InChI=1S/C20H17ClFNO2/c1-14-5-2-6-15(11-14)20(24)23(12-16-7-4-10-25-16)13-17-18(21)8-3-9-19(17)22/h2-11H,12-13H2,1H3. The van der Waals surface area contributed by atoms with Crippen LogP contribution in [-0.4, -0.2) is 10.8 Å². The molecule has 3 nitrogen and oxygen atoms in total. The second-order valence-corrected chi connectivity index (χ2v) is 6.22. The van der Waals surface area contributed by atoms with Crippen LogP contribution in [0, 0.1) is 12.7 Å². The molecule has 0 saturated carbocycles. The minimum absolute atomic E-state index is 0.0545. The molecule has 3 rings (SSSR count). The zero-order chi connectivity index (χ0) is 17.8. The number of aryl methyl sites for hydroxylation is 1. The molecule has 1 amide bonds. The topological polar surface area (TPSA) is 33.5 Å². The highest BCUT2D eigenvalue weighted by molar-refractivity contribution is 6.31. The number of amides is 1. The molecule has 1 heterocycles. The number of carbonyl (C=O) groups is 1. The van der Waals surface area contributed by atoms with Crippen LogP contribution in [0.4, 0.5) is 4.39 Å². The van der Waals surface area contributed by atoms with Crippen molar-refractivity contribution in [2.24, 2.45) is 0 Å². The van der Waals surface area contributed by atoms with Gasteiger partial charge in [-0.3, -0.25) is 4.79 Å². The summed E-state index contributed by atoms with van der Waals surface area (Å²) in [6.45, 7) is 2.20. The molecule has 0 N–H and O–H groups in total. The Bertz CT molecular complexity index is 857. The zero-order valence-electron chi connectivity index (χ0n) is 13.7. The number of carbonyl (C=O) groups excluding carboxylic acids is 1. The van der Waals surface area contributed by atoms with Gasteiger partial charge in [0, 0.05) is 16.1 Å². The number of rotatable bonds is 5. The van der Waals surface area contributed by atoms with Gasteiger partial charge in [-0.05, 0) is 43.3 Å². The molecular formula is C20H17ClFNO2. The van der Waals surface area contributed by atoms with Crippen LogP contribution in [0.2, 0.25) is 5.02 Å². The van der Waals surface area contributed by atoms with Gasteiger partial charge < -0.3 is 9.32 Å². The predicted octanol–water partition coefficient (Wildman–Crippen LogP) is 5.22. The molecule has 0 bridgehead atoms. The molecule has 0 aliphatic carbocycles. The van der Waals surface area contributed by atoms with Crippen LogP contribution in [-0.2, 0) is 13.1 Å². The Morgan fingerprint density at radius 3 is 2.60 bits per heavy atom. The molecule has 0 fully saturated rings. The molecule has 1 aromatic heterocycles. The van der Waals surface area contributed by atoms with Gasteiger partial charge in [0.15, 0.2) is 0 Å². The Hall–Kier alpha value is -2.59. The Balaban J connectivity index is 1.93. The van der Waals surface area contributed by atoms with Gasteiger partial charge in [-0.25, -0.2) is 4.39 Å². The molecule has 2 aromatic carbocycles. The lowest BCUT2D eigenvalue weighted by atomic mass is 10.1. The summed E-state index contributed by atoms with van der Waals surface area (Å²) in [5, 5.41) is 0.293. The first-order chi connectivity index (χ1) is 12.0. The molecule has 0 aliphatic rings. The van der Waals surface area contributed by atoms with Crippen LogP contribution in [0.15, 0.2) is 65.3 Å². The summed E-state index contributed by atoms with van der Waals surface area (Å²) in [5.41, 5.74) is 1.81. The van der Waals surface area contributed by atoms with Crippen molar-refractivity contribution in [1.29, 1.82) is 0 Å². The number of hydrogen-bond acceptors (Lipinski definition) is 2. The highest BCUT2D eigenvalue weighted by Gasteiger charge is 2.20. The number of nitrogens with zero attached hydrogens (tertiary/aromatic N) is 1. The SMILES string of the molecule is Cc1cccc(C(=O)N(Cc2ccco2)Cc2c(F)cccc2Cl)c1. The Labute approximate surface area is 150 Å². The normalized spacial score (nSPS) is 10.7. The number of halogens is 2. The first-order valence-electron chi connectivity index (χ1n) is 7.86. The average Bonchev–Trinajstić information content (AvgIpc) is 3.09. The molecule has 0 spiro atoms. The molecule has 0 unspecified atom stereocenters. The van der Waals surface area contributed by atoms with Crippen LogP contribution in [0.25, 0.3) is 0 Å². The maximum atomic E-state index is 14.2. The molecule has 3 aromatic rings. The molecule has 25 heavy (non-hydrogen) atoms. The monoisotopic (exact) mass is 357 g/mol. The van der Waals surface area contributed by atoms with Gasteiger partial charge in [-0.1, -0.05) is 35.4 Å². The third-order valence-electron chi connectivity index (χ3n) is 3.89. The summed E-state index contributed by atoms with van der Waals surface area (Å²) in [7, 11) is 0. The van der Waals surface area contributed by atoms with Crippen LogP contribution in [0.5, 0.6) is 0 Å². The second-order valence-electron chi connectivity index (χ2n) is 5.81. The minimum Gasteiger partial charge on any atom is -0.467 e. The van der Waals surface area contributed by atoms with Gasteiger partial charge in [-0.15, -0.1) is 0 Å². The van der Waals surface area contributed by atoms with Gasteiger partial charge in [0.1, 0.15) is 11.6 Å². The second kappa shape index (κ2) is 7.53. The Kier molecular flexibility index (Phi) is 5.19. The fraction of sp³-hybridized carbons (Fsp3) is 0.150. The molecular weight excluding hydrogens is 341 g/mol. The lowest BCUT2D eigenvalue weighted by molar-refractivity contribution is 0.0716. The van der Waals surface area contributed by atoms with Crippen LogP contribution >= 0.6 is 11.6 Å². The van der Waals surface area contributed by atoms with E-state index in [2.05, 4.69) is 0 Å². The Morgan fingerprint density at radius 2 is 1.92 bits per heavy atom. The maximum absolute atomic E-state index is 14.2. The van der Waals surface area contributed by atoms with E-state index < -0.39 is 5.82 Å². The van der Waals surface area contributed by atoms with Crippen molar-refractivity contribution in [3.05, 3.63) is 94.2 Å². The van der Waals surface area contributed by atoms with E-state index in [4.69, 9.17) is 16.0 Å². The predicted molar refractivity (Wildman–Crippen MR) is 94.9 cm³/mol. The molecule has 5 heteroatoms. The van der Waals surface area contributed by atoms with E-state index in [0.29, 0.717) is 16.3 Å². The minimum atomic E-state index is -0.436. The zero-order valence-corrected chi connectivity index (χ0v) is 14.5. The summed E-state index contributed by atoms with van der Waals surface area (Å²) < 4.78 is 19.5. The summed E-state index contributed by atoms with van der Waals surface area (Å²) in [4.78, 5) is 14.5. The number of furan rings is 1. The van der Waals surface area contributed by atoms with E-state index in [-0.39, 0.29) is 24.6 Å². The maximum Gasteiger partial charge on any atom is 0.254 e. The van der Waals surface area contributed by atoms with Gasteiger partial charge >= 0.3 is 0 Å². The van der Waals surface area contributed by atoms with Crippen molar-refractivity contribution < 1.29 is 13.6 Å². The molecule has 0 saturated heterocycles. The summed E-state index contributed by atoms with van der Waals surface area (Å²) in [5.74, 6) is -0.0260. The molecule has 128 valence electrons. The summed E-state index contributed by atoms with van der Waals surface area (Å²) >= 11 is 6.13. The first kappa shape index (κ1) is 17.2. The fourth-order valence-corrected chi connectivity index (χ4v) is 2.85. The van der Waals surface area contributed by atoms with E-state index in [0.717, 1.165) is 5.56 Å². The molecule has 0 radical (unpaired) electrons. The quantitative estimate of drug-likeness (QED) is 0.627. The van der Waals surface area contributed by atoms with E-state index in [9.17, 15) is 9.18 Å². The van der Waals surface area contributed by atoms with Gasteiger partial charge in [0.05, 0.1) is 19.4 Å². The third kappa shape index (κ3) is 4.09. The smallest absolute Gasteiger partial charge is 0.254 e. The molecule has 0 aliphatic heterocycles. The van der Waals surface area contributed by atoms with Gasteiger partial charge in [0.25, 0.3) is 5.91 Å². The van der Waals surface area contributed by atoms with Crippen molar-refractivity contribution in [3.8, 4) is 0 Å². The highest BCUT2D eigenvalue weighted by atomic mass is 35.5. The van der Waals surface area contributed by atoms with E-state index >= 15 is 0 Å². The van der Waals surface area contributed by atoms with Crippen LogP contribution < -0.4 is 0 Å². The summed E-state index contributed by atoms with van der Waals surface area (Å²) in [6.07, 6.45) is 1.54. The first-order valence-corrected chi connectivity index (χ1v) is 8.23. The van der Waals surface area contributed by atoms with Crippen molar-refractivity contribution >= 4 is 17.5 Å². The van der Waals surface area contributed by atoms with E-state index in [1.807, 2.05) is 19.1 Å². The van der Waals surface area contributed by atoms with Gasteiger partial charge in [0.2, 0.25) is 0 Å². The lowest BCUT2D eigenvalue weighted by Gasteiger charge is -2.23. The number of benzene rings is 2.